The van der Waals surface area contributed by atoms with Crippen molar-refractivity contribution in [2.24, 2.45) is 0 Å². The number of hydrogen-bond acceptors (Lipinski definition) is 5. The maximum Gasteiger partial charge on any atom is 0.407 e. The van der Waals surface area contributed by atoms with E-state index >= 15 is 0 Å². The van der Waals surface area contributed by atoms with Gasteiger partial charge in [0.1, 0.15) is 13.2 Å². The van der Waals surface area contributed by atoms with Crippen LogP contribution < -0.4 is 15.6 Å². The highest BCUT2D eigenvalue weighted by Gasteiger charge is 2.15. The first kappa shape index (κ1) is 19.4. The molecule has 0 unspecified atom stereocenters. The van der Waals surface area contributed by atoms with Crippen molar-refractivity contribution in [3.63, 3.8) is 0 Å². The van der Waals surface area contributed by atoms with E-state index in [1.54, 1.807) is 24.3 Å². The van der Waals surface area contributed by atoms with Gasteiger partial charge in [0, 0.05) is 0 Å². The molecule has 0 heterocycles. The third kappa shape index (κ3) is 6.19. The smallest absolute Gasteiger partial charge is 0.407 e. The molecule has 0 atom stereocenters. The second kappa shape index (κ2) is 8.97. The minimum Gasteiger partial charge on any atom is -0.445 e. The first-order chi connectivity index (χ1) is 12.4. The van der Waals surface area contributed by atoms with Gasteiger partial charge in [-0.05, 0) is 24.6 Å². The second-order valence-corrected chi connectivity index (χ2v) is 7.06. The van der Waals surface area contributed by atoms with Crippen LogP contribution in [0.15, 0.2) is 59.5 Å². The number of alkyl carbamates (subject to hydrolysis) is 1. The van der Waals surface area contributed by atoms with Crippen LogP contribution in [0.2, 0.25) is 0 Å². The summed E-state index contributed by atoms with van der Waals surface area (Å²) < 4.78 is 29.0. The molecule has 2 amide bonds. The van der Waals surface area contributed by atoms with Gasteiger partial charge >= 0.3 is 6.09 Å². The molecule has 0 aliphatic rings. The molecule has 0 saturated carbocycles. The van der Waals surface area contributed by atoms with Crippen molar-refractivity contribution in [1.29, 1.82) is 0 Å². The van der Waals surface area contributed by atoms with Crippen LogP contribution in [0.1, 0.15) is 11.1 Å². The minimum absolute atomic E-state index is 0.0126. The second-order valence-electron chi connectivity index (χ2n) is 5.38. The molecule has 0 fully saturated rings. The molecule has 3 N–H and O–H groups in total. The van der Waals surface area contributed by atoms with Crippen molar-refractivity contribution in [2.45, 2.75) is 18.4 Å². The number of carbonyl (C=O) groups is 2. The number of sulfonamides is 1. The topological polar surface area (TPSA) is 114 Å². The normalized spacial score (nSPS) is 10.8. The van der Waals surface area contributed by atoms with Crippen molar-refractivity contribution in [3.05, 3.63) is 65.7 Å². The number of benzene rings is 2. The lowest BCUT2D eigenvalue weighted by Crippen LogP contribution is -2.46. The zero-order valence-corrected chi connectivity index (χ0v) is 14.9. The van der Waals surface area contributed by atoms with E-state index in [-0.39, 0.29) is 11.5 Å². The molecule has 9 heteroatoms. The van der Waals surface area contributed by atoms with Crippen molar-refractivity contribution >= 4 is 22.0 Å². The van der Waals surface area contributed by atoms with Gasteiger partial charge in [-0.2, -0.15) is 0 Å². The maximum absolute atomic E-state index is 12.0. The minimum atomic E-state index is -3.88. The molecule has 2 aromatic carbocycles. The summed E-state index contributed by atoms with van der Waals surface area (Å²) in [7, 11) is -3.88. The summed E-state index contributed by atoms with van der Waals surface area (Å²) in [6.45, 7) is 1.45. The van der Waals surface area contributed by atoms with Crippen LogP contribution in [0.5, 0.6) is 0 Å². The van der Waals surface area contributed by atoms with Gasteiger partial charge in [0.05, 0.1) is 4.90 Å². The predicted octanol–water partition coefficient (Wildman–Crippen LogP) is 1.23. The highest BCUT2D eigenvalue weighted by Crippen LogP contribution is 2.08. The summed E-state index contributed by atoms with van der Waals surface area (Å²) >= 11 is 0. The van der Waals surface area contributed by atoms with Crippen LogP contribution >= 0.6 is 0 Å². The number of rotatable bonds is 7. The Morgan fingerprint density at radius 1 is 1.00 bits per heavy atom. The number of carbonyl (C=O) groups excluding carboxylic acids is 2. The van der Waals surface area contributed by atoms with Crippen molar-refractivity contribution in [3.8, 4) is 0 Å². The Balaban J connectivity index is 1.73. The average molecular weight is 377 g/mol. The standard InChI is InChI=1S/C17H19N3O5S/c1-13-7-9-15(10-8-13)26(23,24)20-19-16(21)11-18-17(22)25-12-14-5-3-2-4-6-14/h2-10,20H,11-12H2,1H3,(H,18,22)(H,19,21). The molecule has 0 aliphatic heterocycles. The van der Waals surface area contributed by atoms with Crippen LogP contribution in [-0.2, 0) is 26.2 Å². The van der Waals surface area contributed by atoms with E-state index in [4.69, 9.17) is 4.74 Å². The number of nitrogens with one attached hydrogen (secondary N) is 3. The Hall–Kier alpha value is -2.91. The van der Waals surface area contributed by atoms with Crippen molar-refractivity contribution < 1.29 is 22.7 Å². The van der Waals surface area contributed by atoms with Gasteiger partial charge in [-0.15, -0.1) is 4.83 Å². The molecule has 0 spiro atoms. The quantitative estimate of drug-likeness (QED) is 0.628. The predicted molar refractivity (Wildman–Crippen MR) is 94.3 cm³/mol. The van der Waals surface area contributed by atoms with Gasteiger partial charge in [-0.3, -0.25) is 10.2 Å². The molecular weight excluding hydrogens is 358 g/mol. The number of hydrazine groups is 1. The number of ether oxygens (including phenoxy) is 1. The van der Waals surface area contributed by atoms with Crippen molar-refractivity contribution in [2.75, 3.05) is 6.54 Å². The molecule has 26 heavy (non-hydrogen) atoms. The molecule has 8 nitrogen and oxygen atoms in total. The van der Waals surface area contributed by atoms with Crippen LogP contribution in [0, 0.1) is 6.92 Å². The number of amides is 2. The molecule has 138 valence electrons. The van der Waals surface area contributed by atoms with E-state index in [1.165, 1.54) is 12.1 Å². The van der Waals surface area contributed by atoms with Crippen LogP contribution in [0.4, 0.5) is 4.79 Å². The molecular formula is C17H19N3O5S. The summed E-state index contributed by atoms with van der Waals surface area (Å²) in [6.07, 6.45) is -0.787. The van der Waals surface area contributed by atoms with E-state index in [0.29, 0.717) is 0 Å². The molecule has 0 radical (unpaired) electrons. The fourth-order valence-corrected chi connectivity index (χ4v) is 2.73. The lowest BCUT2D eigenvalue weighted by atomic mass is 10.2. The Morgan fingerprint density at radius 3 is 2.31 bits per heavy atom. The molecule has 2 aromatic rings. The van der Waals surface area contributed by atoms with Crippen LogP contribution in [0.3, 0.4) is 0 Å². The molecule has 0 bridgehead atoms. The maximum atomic E-state index is 12.0. The first-order valence-electron chi connectivity index (χ1n) is 7.69. The first-order valence-corrected chi connectivity index (χ1v) is 9.17. The van der Waals surface area contributed by atoms with Gasteiger partial charge in [-0.1, -0.05) is 48.0 Å². The summed E-state index contributed by atoms with van der Waals surface area (Å²) in [5, 5.41) is 2.23. The summed E-state index contributed by atoms with van der Waals surface area (Å²) in [4.78, 5) is 25.1. The number of aryl methyl sites for hydroxylation is 1. The van der Waals surface area contributed by atoms with E-state index in [9.17, 15) is 18.0 Å². The van der Waals surface area contributed by atoms with Crippen LogP contribution in [-0.4, -0.2) is 27.0 Å². The monoisotopic (exact) mass is 377 g/mol. The third-order valence-electron chi connectivity index (χ3n) is 3.26. The van der Waals surface area contributed by atoms with E-state index in [2.05, 4.69) is 5.32 Å². The SMILES string of the molecule is Cc1ccc(S(=O)(=O)NNC(=O)CNC(=O)OCc2ccccc2)cc1. The summed E-state index contributed by atoms with van der Waals surface area (Å²) in [5.41, 5.74) is 3.73. The van der Waals surface area contributed by atoms with Gasteiger partial charge < -0.3 is 10.1 Å². The van der Waals surface area contributed by atoms with E-state index in [0.717, 1.165) is 11.1 Å². The van der Waals surface area contributed by atoms with Gasteiger partial charge in [0.25, 0.3) is 15.9 Å². The lowest BCUT2D eigenvalue weighted by Gasteiger charge is -2.10. The molecule has 0 aliphatic carbocycles. The molecule has 0 aromatic heterocycles. The fraction of sp³-hybridized carbons (Fsp3) is 0.176. The Bertz CT molecular complexity index is 852. The van der Waals surface area contributed by atoms with E-state index in [1.807, 2.05) is 35.4 Å². The zero-order chi connectivity index (χ0) is 19.0. The van der Waals surface area contributed by atoms with Crippen molar-refractivity contribution in [1.82, 2.24) is 15.6 Å². The fourth-order valence-electron chi connectivity index (χ4n) is 1.87. The largest absolute Gasteiger partial charge is 0.445 e. The lowest BCUT2D eigenvalue weighted by molar-refractivity contribution is -0.120. The summed E-state index contributed by atoms with van der Waals surface area (Å²) in [5.74, 6) is -0.739. The Labute approximate surface area is 151 Å². The average Bonchev–Trinajstić information content (AvgIpc) is 2.64. The zero-order valence-electron chi connectivity index (χ0n) is 14.1. The summed E-state index contributed by atoms with van der Waals surface area (Å²) in [6, 6.07) is 15.2. The number of hydrogen-bond donors (Lipinski definition) is 3. The molecule has 2 rings (SSSR count). The molecule has 0 saturated heterocycles. The van der Waals surface area contributed by atoms with E-state index < -0.39 is 28.6 Å². The third-order valence-corrected chi connectivity index (χ3v) is 4.53. The highest BCUT2D eigenvalue weighted by atomic mass is 32.2. The van der Waals surface area contributed by atoms with Gasteiger partial charge in [0.2, 0.25) is 0 Å². The highest BCUT2D eigenvalue weighted by molar-refractivity contribution is 7.89. The van der Waals surface area contributed by atoms with Crippen LogP contribution in [0.25, 0.3) is 0 Å². The van der Waals surface area contributed by atoms with Gasteiger partial charge in [0.15, 0.2) is 0 Å². The van der Waals surface area contributed by atoms with Gasteiger partial charge in [-0.25, -0.2) is 13.2 Å². The Morgan fingerprint density at radius 2 is 1.65 bits per heavy atom. The Kier molecular flexibility index (Phi) is 6.70.